The van der Waals surface area contributed by atoms with Gasteiger partial charge in [0.05, 0.1) is 12.7 Å². The molecular formula is C28H41FO2Si. The van der Waals surface area contributed by atoms with Crippen LogP contribution in [0.3, 0.4) is 0 Å². The predicted molar refractivity (Wildman–Crippen MR) is 135 cm³/mol. The van der Waals surface area contributed by atoms with Crippen LogP contribution in [-0.2, 0) is 17.5 Å². The van der Waals surface area contributed by atoms with Crippen LogP contribution in [-0.4, -0.2) is 13.4 Å². The van der Waals surface area contributed by atoms with E-state index < -0.39 is 8.32 Å². The highest BCUT2D eigenvalue weighted by atomic mass is 28.4. The minimum Gasteiger partial charge on any atom is -0.410 e. The molecule has 1 aliphatic rings. The van der Waals surface area contributed by atoms with Crippen LogP contribution in [0.4, 0.5) is 4.39 Å². The smallest absolute Gasteiger partial charge is 0.192 e. The molecule has 0 amide bonds. The van der Waals surface area contributed by atoms with Gasteiger partial charge in [-0.3, -0.25) is 0 Å². The van der Waals surface area contributed by atoms with E-state index in [0.29, 0.717) is 0 Å². The molecule has 0 aliphatic heterocycles. The lowest BCUT2D eigenvalue weighted by Crippen LogP contribution is -2.43. The van der Waals surface area contributed by atoms with E-state index in [-0.39, 0.29) is 34.9 Å². The number of benzene rings is 2. The predicted octanol–water partition coefficient (Wildman–Crippen LogP) is 8.14. The third kappa shape index (κ3) is 4.88. The molecule has 176 valence electrons. The maximum Gasteiger partial charge on any atom is 0.192 e. The van der Waals surface area contributed by atoms with Crippen LogP contribution in [0.2, 0.25) is 18.1 Å². The monoisotopic (exact) mass is 456 g/mol. The van der Waals surface area contributed by atoms with E-state index in [0.717, 1.165) is 29.5 Å². The summed E-state index contributed by atoms with van der Waals surface area (Å²) < 4.78 is 20.9. The topological polar surface area (TPSA) is 29.5 Å². The Labute approximate surface area is 195 Å². The van der Waals surface area contributed by atoms with Crippen molar-refractivity contribution >= 4 is 8.32 Å². The fourth-order valence-corrected chi connectivity index (χ4v) is 6.06. The van der Waals surface area contributed by atoms with Crippen molar-refractivity contribution in [1.82, 2.24) is 0 Å². The van der Waals surface area contributed by atoms with Crippen molar-refractivity contribution in [2.24, 2.45) is 5.41 Å². The molecule has 0 spiro atoms. The average molecular weight is 457 g/mol. The van der Waals surface area contributed by atoms with E-state index in [1.165, 1.54) is 28.8 Å². The van der Waals surface area contributed by atoms with Gasteiger partial charge in [-0.2, -0.15) is 0 Å². The van der Waals surface area contributed by atoms with Gasteiger partial charge < -0.3 is 9.53 Å². The standard InChI is InChI=1S/C28H41FO2Si/c1-18(2)22-14-20-15-28(6,7)16-24(31-32(8,9)27(3,4)5)26(20)25(23(22)17-30)19-10-12-21(29)13-11-19/h10-14,18,24,30H,15-17H2,1-9H3. The number of hydrogen-bond acceptors (Lipinski definition) is 2. The first kappa shape index (κ1) is 25.1. The molecule has 0 heterocycles. The highest BCUT2D eigenvalue weighted by Crippen LogP contribution is 2.51. The van der Waals surface area contributed by atoms with Crippen LogP contribution in [0.1, 0.15) is 89.2 Å². The molecule has 2 aromatic rings. The van der Waals surface area contributed by atoms with Crippen LogP contribution >= 0.6 is 0 Å². The minimum atomic E-state index is -2.04. The second-order valence-corrected chi connectivity index (χ2v) is 16.9. The van der Waals surface area contributed by atoms with Crippen LogP contribution in [0.5, 0.6) is 0 Å². The van der Waals surface area contributed by atoms with E-state index in [9.17, 15) is 9.50 Å². The zero-order valence-electron chi connectivity index (χ0n) is 21.4. The van der Waals surface area contributed by atoms with Crippen molar-refractivity contribution in [3.8, 4) is 11.1 Å². The number of aliphatic hydroxyl groups is 1. The van der Waals surface area contributed by atoms with E-state index in [2.05, 4.69) is 67.6 Å². The van der Waals surface area contributed by atoms with Crippen LogP contribution < -0.4 is 0 Å². The number of hydrogen-bond donors (Lipinski definition) is 1. The molecule has 2 aromatic carbocycles. The second kappa shape index (κ2) is 8.70. The molecule has 0 fully saturated rings. The summed E-state index contributed by atoms with van der Waals surface area (Å²) in [6, 6.07) is 9.03. The van der Waals surface area contributed by atoms with Crippen molar-refractivity contribution in [1.29, 1.82) is 0 Å². The maximum absolute atomic E-state index is 13.8. The van der Waals surface area contributed by atoms with Gasteiger partial charge in [0.1, 0.15) is 5.82 Å². The van der Waals surface area contributed by atoms with E-state index in [4.69, 9.17) is 4.43 Å². The van der Waals surface area contributed by atoms with Gasteiger partial charge in [-0.25, -0.2) is 4.39 Å². The quantitative estimate of drug-likeness (QED) is 0.460. The maximum atomic E-state index is 13.8. The Morgan fingerprint density at radius 2 is 1.75 bits per heavy atom. The Balaban J connectivity index is 2.33. The molecule has 2 nitrogen and oxygen atoms in total. The van der Waals surface area contributed by atoms with Gasteiger partial charge in [-0.15, -0.1) is 0 Å². The Morgan fingerprint density at radius 3 is 2.25 bits per heavy atom. The summed E-state index contributed by atoms with van der Waals surface area (Å²) in [5.41, 5.74) is 6.77. The summed E-state index contributed by atoms with van der Waals surface area (Å²) >= 11 is 0. The lowest BCUT2D eigenvalue weighted by molar-refractivity contribution is 0.108. The van der Waals surface area contributed by atoms with Gasteiger partial charge >= 0.3 is 0 Å². The molecule has 1 atom stereocenters. The third-order valence-electron chi connectivity index (χ3n) is 7.48. The van der Waals surface area contributed by atoms with E-state index in [1.54, 1.807) is 0 Å². The molecule has 4 heteroatoms. The van der Waals surface area contributed by atoms with Gasteiger partial charge in [0.25, 0.3) is 0 Å². The molecule has 1 unspecified atom stereocenters. The second-order valence-electron chi connectivity index (χ2n) is 12.1. The lowest BCUT2D eigenvalue weighted by Gasteiger charge is -2.45. The summed E-state index contributed by atoms with van der Waals surface area (Å²) in [6.45, 7) is 20.4. The largest absolute Gasteiger partial charge is 0.410 e. The summed E-state index contributed by atoms with van der Waals surface area (Å²) in [5, 5.41) is 10.6. The van der Waals surface area contributed by atoms with Crippen LogP contribution in [0, 0.1) is 11.2 Å². The Hall–Kier alpha value is -1.49. The Morgan fingerprint density at radius 1 is 1.16 bits per heavy atom. The van der Waals surface area contributed by atoms with Crippen molar-refractivity contribution < 1.29 is 13.9 Å². The number of aliphatic hydroxyl groups excluding tert-OH is 1. The number of rotatable bonds is 5. The minimum absolute atomic E-state index is 0.0380. The Bertz CT molecular complexity index is 968. The van der Waals surface area contributed by atoms with Crippen molar-refractivity contribution in [3.05, 3.63) is 58.4 Å². The molecule has 1 aliphatic carbocycles. The molecule has 0 bridgehead atoms. The first-order valence-corrected chi connectivity index (χ1v) is 14.8. The van der Waals surface area contributed by atoms with E-state index >= 15 is 0 Å². The average Bonchev–Trinajstić information content (AvgIpc) is 2.65. The van der Waals surface area contributed by atoms with Gasteiger partial charge in [0.2, 0.25) is 0 Å². The Kier molecular flexibility index (Phi) is 6.83. The number of halogens is 1. The first-order chi connectivity index (χ1) is 14.7. The fourth-order valence-electron chi connectivity index (χ4n) is 4.79. The molecule has 0 saturated heterocycles. The number of fused-ring (bicyclic) bond motifs is 1. The van der Waals surface area contributed by atoms with Gasteiger partial charge in [0, 0.05) is 0 Å². The molecule has 0 saturated carbocycles. The normalized spacial score (nSPS) is 18.7. The van der Waals surface area contributed by atoms with Gasteiger partial charge in [0.15, 0.2) is 8.32 Å². The zero-order chi connectivity index (χ0) is 24.1. The fraction of sp³-hybridized carbons (Fsp3) is 0.571. The summed E-state index contributed by atoms with van der Waals surface area (Å²) in [5.74, 6) is 0.0369. The van der Waals surface area contributed by atoms with Crippen LogP contribution in [0.15, 0.2) is 30.3 Å². The zero-order valence-corrected chi connectivity index (χ0v) is 22.4. The summed E-state index contributed by atoms with van der Waals surface area (Å²) in [6.07, 6.45) is 1.87. The van der Waals surface area contributed by atoms with Crippen molar-refractivity contribution in [2.75, 3.05) is 0 Å². The molecule has 1 N–H and O–H groups in total. The summed E-state index contributed by atoms with van der Waals surface area (Å²) in [7, 11) is -2.04. The molecular weight excluding hydrogens is 415 g/mol. The molecule has 0 radical (unpaired) electrons. The summed E-state index contributed by atoms with van der Waals surface area (Å²) in [4.78, 5) is 0. The lowest BCUT2D eigenvalue weighted by atomic mass is 9.69. The highest BCUT2D eigenvalue weighted by molar-refractivity contribution is 6.74. The molecule has 0 aromatic heterocycles. The molecule has 3 rings (SSSR count). The van der Waals surface area contributed by atoms with Crippen LogP contribution in [0.25, 0.3) is 11.1 Å². The third-order valence-corrected chi connectivity index (χ3v) is 12.0. The van der Waals surface area contributed by atoms with Crippen molar-refractivity contribution in [3.63, 3.8) is 0 Å². The SMILES string of the molecule is CC(C)c1cc2c(c(-c3ccc(F)cc3)c1CO)C(O[Si](C)(C)C(C)(C)C)CC(C)(C)C2. The van der Waals surface area contributed by atoms with Gasteiger partial charge in [-0.1, -0.05) is 66.7 Å². The van der Waals surface area contributed by atoms with E-state index in [1.807, 2.05) is 12.1 Å². The molecule has 32 heavy (non-hydrogen) atoms. The van der Waals surface area contributed by atoms with Gasteiger partial charge in [-0.05, 0) is 87.8 Å². The highest BCUT2D eigenvalue weighted by Gasteiger charge is 2.43. The van der Waals surface area contributed by atoms with Crippen molar-refractivity contribution in [2.45, 2.75) is 98.1 Å². The first-order valence-electron chi connectivity index (χ1n) is 11.9.